The third-order valence-electron chi connectivity index (χ3n) is 6.93. The maximum absolute atomic E-state index is 15.0. The number of piperidine rings is 1. The molecule has 2 atom stereocenters. The standard InChI is InChI=1S/C24H23ClFN3O4/c1-24(23(32)33)10-11-28(12-18(24)30)21-20-16(26)6-3-7-17(20)29(27-21)22(31)19-14(13-8-9-13)4-2-5-15(19)25/h2-7,13,18,30H,8-12H2,1H3,(H,32,33)/t18-,24+/m1/s1. The summed E-state index contributed by atoms with van der Waals surface area (Å²) in [5.74, 6) is -1.62. The number of fused-ring (bicyclic) bond motifs is 1. The van der Waals surface area contributed by atoms with Crippen LogP contribution in [0.4, 0.5) is 10.2 Å². The molecule has 9 heteroatoms. The molecule has 0 amide bonds. The van der Waals surface area contributed by atoms with E-state index in [-0.39, 0.29) is 42.1 Å². The Balaban J connectivity index is 1.61. The highest BCUT2D eigenvalue weighted by molar-refractivity contribution is 6.34. The van der Waals surface area contributed by atoms with Gasteiger partial charge in [-0.2, -0.15) is 4.68 Å². The molecule has 3 aromatic rings. The van der Waals surface area contributed by atoms with E-state index in [0.717, 1.165) is 23.1 Å². The van der Waals surface area contributed by atoms with Crippen molar-refractivity contribution in [3.8, 4) is 0 Å². The van der Waals surface area contributed by atoms with Gasteiger partial charge in [-0.05, 0) is 55.9 Å². The molecular weight excluding hydrogens is 449 g/mol. The molecule has 0 bridgehead atoms. The smallest absolute Gasteiger partial charge is 0.312 e. The Bertz CT molecular complexity index is 1290. The van der Waals surface area contributed by atoms with Crippen LogP contribution in [0.5, 0.6) is 0 Å². The van der Waals surface area contributed by atoms with E-state index in [0.29, 0.717) is 10.6 Å². The predicted molar refractivity (Wildman–Crippen MR) is 121 cm³/mol. The molecule has 172 valence electrons. The average Bonchev–Trinajstić information content (AvgIpc) is 3.55. The molecule has 2 aliphatic rings. The second-order valence-corrected chi connectivity index (χ2v) is 9.49. The Labute approximate surface area is 194 Å². The van der Waals surface area contributed by atoms with Crippen LogP contribution >= 0.6 is 11.6 Å². The van der Waals surface area contributed by atoms with Crippen LogP contribution in [0.3, 0.4) is 0 Å². The highest BCUT2D eigenvalue weighted by atomic mass is 35.5. The summed E-state index contributed by atoms with van der Waals surface area (Å²) in [4.78, 5) is 26.9. The number of benzene rings is 2. The van der Waals surface area contributed by atoms with Crippen molar-refractivity contribution >= 4 is 40.2 Å². The maximum atomic E-state index is 15.0. The fourth-order valence-corrected chi connectivity index (χ4v) is 4.83. The Hall–Kier alpha value is -2.97. The fourth-order valence-electron chi connectivity index (χ4n) is 4.57. The van der Waals surface area contributed by atoms with Gasteiger partial charge in [-0.3, -0.25) is 9.59 Å². The third kappa shape index (κ3) is 3.48. The average molecular weight is 472 g/mol. The van der Waals surface area contributed by atoms with E-state index in [2.05, 4.69) is 5.10 Å². The summed E-state index contributed by atoms with van der Waals surface area (Å²) in [6, 6.07) is 9.76. The first kappa shape index (κ1) is 21.9. The summed E-state index contributed by atoms with van der Waals surface area (Å²) in [7, 11) is 0. The molecule has 2 N–H and O–H groups in total. The number of aliphatic hydroxyl groups is 1. The van der Waals surface area contributed by atoms with Crippen LogP contribution in [0, 0.1) is 11.2 Å². The summed E-state index contributed by atoms with van der Waals surface area (Å²) >= 11 is 6.43. The molecule has 2 heterocycles. The van der Waals surface area contributed by atoms with Gasteiger partial charge < -0.3 is 15.1 Å². The zero-order valence-corrected chi connectivity index (χ0v) is 18.7. The zero-order chi connectivity index (χ0) is 23.5. The summed E-state index contributed by atoms with van der Waals surface area (Å²) in [5, 5.41) is 25.0. The van der Waals surface area contributed by atoms with Crippen molar-refractivity contribution in [2.75, 3.05) is 18.0 Å². The molecule has 1 saturated heterocycles. The zero-order valence-electron chi connectivity index (χ0n) is 18.0. The molecule has 33 heavy (non-hydrogen) atoms. The first-order chi connectivity index (χ1) is 15.7. The number of aliphatic hydroxyl groups excluding tert-OH is 1. The van der Waals surface area contributed by atoms with E-state index in [1.165, 1.54) is 19.1 Å². The minimum Gasteiger partial charge on any atom is -0.481 e. The Morgan fingerprint density at radius 1 is 1.21 bits per heavy atom. The second kappa shape index (κ2) is 7.81. The van der Waals surface area contributed by atoms with Crippen LogP contribution in [0.25, 0.3) is 10.9 Å². The van der Waals surface area contributed by atoms with Crippen molar-refractivity contribution in [2.24, 2.45) is 5.41 Å². The Kier molecular flexibility index (Phi) is 5.17. The highest BCUT2D eigenvalue weighted by Gasteiger charge is 2.45. The lowest BCUT2D eigenvalue weighted by Gasteiger charge is -2.40. The summed E-state index contributed by atoms with van der Waals surface area (Å²) in [5.41, 5.74) is 0.205. The number of carbonyl (C=O) groups excluding carboxylic acids is 1. The monoisotopic (exact) mass is 471 g/mol. The molecule has 1 aromatic heterocycles. The minimum absolute atomic E-state index is 0.0448. The Morgan fingerprint density at radius 3 is 2.61 bits per heavy atom. The van der Waals surface area contributed by atoms with Gasteiger partial charge in [0.15, 0.2) is 5.82 Å². The minimum atomic E-state index is -1.31. The number of aliphatic carboxylic acids is 1. The number of β-amino-alcohol motifs (C(OH)–C–C–N with tert-alkyl or cyclic N) is 1. The highest BCUT2D eigenvalue weighted by Crippen LogP contribution is 2.44. The topological polar surface area (TPSA) is 95.7 Å². The molecule has 0 unspecified atom stereocenters. The van der Waals surface area contributed by atoms with Gasteiger partial charge in [0.2, 0.25) is 0 Å². The maximum Gasteiger partial charge on any atom is 0.312 e. The normalized spacial score (nSPS) is 23.2. The van der Waals surface area contributed by atoms with Crippen LogP contribution in [-0.2, 0) is 4.79 Å². The van der Waals surface area contributed by atoms with E-state index in [1.807, 2.05) is 12.1 Å². The van der Waals surface area contributed by atoms with Gasteiger partial charge in [-0.1, -0.05) is 29.8 Å². The van der Waals surface area contributed by atoms with Gasteiger partial charge in [-0.15, -0.1) is 5.10 Å². The van der Waals surface area contributed by atoms with Gasteiger partial charge >= 0.3 is 5.97 Å². The first-order valence-electron chi connectivity index (χ1n) is 10.9. The number of hydrogen-bond acceptors (Lipinski definition) is 5. The molecule has 2 aromatic carbocycles. The lowest BCUT2D eigenvalue weighted by atomic mass is 9.78. The fraction of sp³-hybridized carbons (Fsp3) is 0.375. The largest absolute Gasteiger partial charge is 0.481 e. The van der Waals surface area contributed by atoms with Crippen molar-refractivity contribution < 1.29 is 24.2 Å². The number of aromatic nitrogens is 2. The van der Waals surface area contributed by atoms with Crippen molar-refractivity contribution in [2.45, 2.75) is 38.2 Å². The quantitative estimate of drug-likeness (QED) is 0.596. The lowest BCUT2D eigenvalue weighted by Crippen LogP contribution is -2.53. The van der Waals surface area contributed by atoms with Gasteiger partial charge in [-0.25, -0.2) is 4.39 Å². The molecule has 0 radical (unpaired) electrons. The van der Waals surface area contributed by atoms with Crippen LogP contribution in [0.1, 0.15) is 48.0 Å². The van der Waals surface area contributed by atoms with Gasteiger partial charge in [0.05, 0.1) is 33.0 Å². The number of anilines is 1. The predicted octanol–water partition coefficient (Wildman–Crippen LogP) is 4.06. The van der Waals surface area contributed by atoms with E-state index in [1.54, 1.807) is 17.0 Å². The summed E-state index contributed by atoms with van der Waals surface area (Å²) in [6.45, 7) is 1.69. The number of carboxylic acid groups (broad SMARTS) is 1. The molecule has 1 aliphatic carbocycles. The summed E-state index contributed by atoms with van der Waals surface area (Å²) in [6.07, 6.45) is 0.927. The molecular formula is C24H23ClFN3O4. The van der Waals surface area contributed by atoms with Crippen molar-refractivity contribution in [3.05, 3.63) is 58.4 Å². The van der Waals surface area contributed by atoms with Crippen LogP contribution in [0.2, 0.25) is 5.02 Å². The first-order valence-corrected chi connectivity index (χ1v) is 11.3. The van der Waals surface area contributed by atoms with Crippen molar-refractivity contribution in [3.63, 3.8) is 0 Å². The van der Waals surface area contributed by atoms with Gasteiger partial charge in [0, 0.05) is 13.1 Å². The molecule has 5 rings (SSSR count). The molecule has 1 saturated carbocycles. The third-order valence-corrected chi connectivity index (χ3v) is 7.24. The molecule has 1 aliphatic heterocycles. The molecule has 7 nitrogen and oxygen atoms in total. The number of hydrogen-bond donors (Lipinski definition) is 2. The van der Waals surface area contributed by atoms with E-state index in [4.69, 9.17) is 11.6 Å². The second-order valence-electron chi connectivity index (χ2n) is 9.09. The van der Waals surface area contributed by atoms with Gasteiger partial charge in [0.25, 0.3) is 5.91 Å². The lowest BCUT2D eigenvalue weighted by molar-refractivity contribution is -0.156. The van der Waals surface area contributed by atoms with Crippen LogP contribution < -0.4 is 4.90 Å². The SMILES string of the molecule is C[C@]1(C(=O)O)CCN(c2nn(C(=O)c3c(Cl)cccc3C3CC3)c3cccc(F)c23)C[C@H]1O. The van der Waals surface area contributed by atoms with E-state index < -0.39 is 29.2 Å². The Morgan fingerprint density at radius 2 is 1.94 bits per heavy atom. The van der Waals surface area contributed by atoms with Crippen molar-refractivity contribution in [1.29, 1.82) is 0 Å². The number of carbonyl (C=O) groups is 2. The van der Waals surface area contributed by atoms with E-state index >= 15 is 0 Å². The number of halogens is 2. The molecule has 0 spiro atoms. The number of nitrogens with zero attached hydrogens (tertiary/aromatic N) is 3. The van der Waals surface area contributed by atoms with Crippen LogP contribution in [-0.4, -0.2) is 51.1 Å². The molecule has 2 fully saturated rings. The van der Waals surface area contributed by atoms with E-state index in [9.17, 15) is 24.2 Å². The van der Waals surface area contributed by atoms with Crippen molar-refractivity contribution in [1.82, 2.24) is 9.78 Å². The van der Waals surface area contributed by atoms with Gasteiger partial charge in [0.1, 0.15) is 5.82 Å². The number of rotatable bonds is 4. The number of carboxylic acids is 1. The van der Waals surface area contributed by atoms with Crippen LogP contribution in [0.15, 0.2) is 36.4 Å². The summed E-state index contributed by atoms with van der Waals surface area (Å²) < 4.78 is 16.1.